The Hall–Kier alpha value is -2.29. The monoisotopic (exact) mass is 425 g/mol. The first-order chi connectivity index (χ1) is 13.0. The molecule has 152 valence electrons. The van der Waals surface area contributed by atoms with E-state index in [4.69, 9.17) is 4.74 Å². The predicted molar refractivity (Wildman–Crippen MR) is 111 cm³/mol. The summed E-state index contributed by atoms with van der Waals surface area (Å²) < 4.78 is 32.9. The van der Waals surface area contributed by atoms with Crippen molar-refractivity contribution in [2.45, 2.75) is 23.8 Å². The lowest BCUT2D eigenvalue weighted by Crippen LogP contribution is -2.42. The average Bonchev–Trinajstić information content (AvgIpc) is 2.69. The molecule has 0 spiro atoms. The average molecular weight is 426 g/mol. The maximum Gasteiger partial charge on any atom is 0.261 e. The van der Waals surface area contributed by atoms with E-state index in [1.165, 1.54) is 19.2 Å². The van der Waals surface area contributed by atoms with E-state index >= 15 is 0 Å². The zero-order valence-electron chi connectivity index (χ0n) is 15.5. The summed E-state index contributed by atoms with van der Waals surface area (Å²) in [7, 11) is -2.31. The topological polar surface area (TPSA) is 96.5 Å². The molecular formula is C19H24ClN3O4S. The maximum absolute atomic E-state index is 12.7. The zero-order chi connectivity index (χ0) is 19.3. The molecule has 7 nitrogen and oxygen atoms in total. The second-order valence-corrected chi connectivity index (χ2v) is 8.01. The fourth-order valence-corrected chi connectivity index (χ4v) is 4.04. The van der Waals surface area contributed by atoms with Gasteiger partial charge in [0.15, 0.2) is 0 Å². The van der Waals surface area contributed by atoms with Gasteiger partial charge in [0, 0.05) is 6.04 Å². The minimum Gasteiger partial charge on any atom is -0.497 e. The highest BCUT2D eigenvalue weighted by Gasteiger charge is 2.21. The van der Waals surface area contributed by atoms with Crippen molar-refractivity contribution in [3.63, 3.8) is 0 Å². The van der Waals surface area contributed by atoms with E-state index in [0.29, 0.717) is 11.3 Å². The molecule has 0 atom stereocenters. The number of amides is 1. The fourth-order valence-electron chi connectivity index (χ4n) is 2.96. The van der Waals surface area contributed by atoms with Gasteiger partial charge < -0.3 is 15.4 Å². The molecule has 3 N–H and O–H groups in total. The van der Waals surface area contributed by atoms with Gasteiger partial charge in [-0.2, -0.15) is 0 Å². The summed E-state index contributed by atoms with van der Waals surface area (Å²) in [5.41, 5.74) is 0.549. The zero-order valence-corrected chi connectivity index (χ0v) is 17.1. The Bertz CT molecular complexity index is 898. The van der Waals surface area contributed by atoms with Crippen LogP contribution in [0.4, 0.5) is 5.69 Å². The highest BCUT2D eigenvalue weighted by molar-refractivity contribution is 7.92. The van der Waals surface area contributed by atoms with Crippen LogP contribution in [0.1, 0.15) is 23.2 Å². The second kappa shape index (κ2) is 9.77. The molecule has 0 aliphatic carbocycles. The Morgan fingerprint density at radius 3 is 2.36 bits per heavy atom. The molecule has 2 aromatic carbocycles. The molecule has 1 heterocycles. The van der Waals surface area contributed by atoms with E-state index in [0.717, 1.165) is 25.9 Å². The van der Waals surface area contributed by atoms with Crippen molar-refractivity contribution in [2.24, 2.45) is 0 Å². The number of nitrogens with one attached hydrogen (secondary N) is 3. The number of carbonyl (C=O) groups is 1. The number of piperidine rings is 1. The van der Waals surface area contributed by atoms with E-state index in [1.807, 2.05) is 0 Å². The Morgan fingerprint density at radius 1 is 1.07 bits per heavy atom. The number of rotatable bonds is 6. The van der Waals surface area contributed by atoms with Crippen LogP contribution in [0.25, 0.3) is 0 Å². The van der Waals surface area contributed by atoms with Crippen molar-refractivity contribution in [3.8, 4) is 5.75 Å². The summed E-state index contributed by atoms with van der Waals surface area (Å²) in [6, 6.07) is 12.7. The minimum atomic E-state index is -3.82. The number of hydrogen-bond donors (Lipinski definition) is 3. The summed E-state index contributed by atoms with van der Waals surface area (Å²) in [6.45, 7) is 1.72. The summed E-state index contributed by atoms with van der Waals surface area (Å²) in [4.78, 5) is 12.8. The van der Waals surface area contributed by atoms with E-state index in [9.17, 15) is 13.2 Å². The first-order valence-electron chi connectivity index (χ1n) is 8.77. The van der Waals surface area contributed by atoms with Gasteiger partial charge in [-0.25, -0.2) is 8.42 Å². The summed E-state index contributed by atoms with van der Waals surface area (Å²) in [6.07, 6.45) is 1.71. The highest BCUT2D eigenvalue weighted by atomic mass is 35.5. The van der Waals surface area contributed by atoms with Crippen molar-refractivity contribution < 1.29 is 17.9 Å². The Morgan fingerprint density at radius 2 is 1.71 bits per heavy atom. The van der Waals surface area contributed by atoms with E-state index in [-0.39, 0.29) is 34.9 Å². The Kier molecular flexibility index (Phi) is 7.68. The van der Waals surface area contributed by atoms with Gasteiger partial charge in [-0.3, -0.25) is 9.52 Å². The molecule has 0 unspecified atom stereocenters. The van der Waals surface area contributed by atoms with E-state index < -0.39 is 10.0 Å². The van der Waals surface area contributed by atoms with Crippen molar-refractivity contribution in [2.75, 3.05) is 24.9 Å². The minimum absolute atomic E-state index is 0. The van der Waals surface area contributed by atoms with Crippen LogP contribution in [0, 0.1) is 0 Å². The van der Waals surface area contributed by atoms with Gasteiger partial charge >= 0.3 is 0 Å². The standard InChI is InChI=1S/C19H23N3O4S.ClH/c1-26-15-6-8-16(9-7-15)27(24,25)22-18-5-3-2-4-17(18)19(23)21-14-10-12-20-13-11-14;/h2-9,14,20,22H,10-13H2,1H3,(H,21,23);1H. The van der Waals surface area contributed by atoms with Crippen molar-refractivity contribution in [3.05, 3.63) is 54.1 Å². The predicted octanol–water partition coefficient (Wildman–Crippen LogP) is 2.40. The number of benzene rings is 2. The van der Waals surface area contributed by atoms with Gasteiger partial charge in [0.05, 0.1) is 23.3 Å². The Balaban J connectivity index is 0.00000280. The number of hydrogen-bond acceptors (Lipinski definition) is 5. The third-order valence-electron chi connectivity index (χ3n) is 4.46. The summed E-state index contributed by atoms with van der Waals surface area (Å²) in [5, 5.41) is 6.23. The molecule has 1 aliphatic rings. The quantitative estimate of drug-likeness (QED) is 0.660. The molecule has 2 aromatic rings. The molecule has 1 amide bonds. The summed E-state index contributed by atoms with van der Waals surface area (Å²) in [5.74, 6) is 0.283. The molecule has 28 heavy (non-hydrogen) atoms. The molecular weight excluding hydrogens is 402 g/mol. The molecule has 0 bridgehead atoms. The molecule has 9 heteroatoms. The van der Waals surface area contributed by atoms with Gasteiger partial charge in [0.2, 0.25) is 0 Å². The van der Waals surface area contributed by atoms with Crippen molar-refractivity contribution in [1.29, 1.82) is 0 Å². The van der Waals surface area contributed by atoms with Gasteiger partial charge in [0.1, 0.15) is 5.75 Å². The number of anilines is 1. The molecule has 1 fully saturated rings. The number of methoxy groups -OCH3 is 1. The molecule has 1 saturated heterocycles. The van der Waals surface area contributed by atoms with Crippen LogP contribution >= 0.6 is 12.4 Å². The number of para-hydroxylation sites is 1. The highest BCUT2D eigenvalue weighted by Crippen LogP contribution is 2.22. The number of carbonyl (C=O) groups excluding carboxylic acids is 1. The van der Waals surface area contributed by atoms with Crippen LogP contribution in [-0.4, -0.2) is 40.6 Å². The third kappa shape index (κ3) is 5.37. The van der Waals surface area contributed by atoms with Gasteiger partial charge in [0.25, 0.3) is 15.9 Å². The van der Waals surface area contributed by atoms with Gasteiger partial charge in [-0.05, 0) is 62.3 Å². The van der Waals surface area contributed by atoms with Crippen LogP contribution in [-0.2, 0) is 10.0 Å². The molecule has 0 aromatic heterocycles. The second-order valence-electron chi connectivity index (χ2n) is 6.32. The lowest BCUT2D eigenvalue weighted by Gasteiger charge is -2.24. The number of halogens is 1. The van der Waals surface area contributed by atoms with Crippen LogP contribution in [0.5, 0.6) is 5.75 Å². The van der Waals surface area contributed by atoms with Crippen LogP contribution < -0.4 is 20.1 Å². The van der Waals surface area contributed by atoms with Gasteiger partial charge in [-0.1, -0.05) is 12.1 Å². The Labute approximate surface area is 171 Å². The van der Waals surface area contributed by atoms with Crippen LogP contribution in [0.15, 0.2) is 53.4 Å². The lowest BCUT2D eigenvalue weighted by atomic mass is 10.1. The maximum atomic E-state index is 12.7. The molecule has 1 aliphatic heterocycles. The summed E-state index contributed by atoms with van der Waals surface area (Å²) >= 11 is 0. The third-order valence-corrected chi connectivity index (χ3v) is 5.84. The van der Waals surface area contributed by atoms with Crippen LogP contribution in [0.2, 0.25) is 0 Å². The normalized spacial score (nSPS) is 14.6. The van der Waals surface area contributed by atoms with Crippen LogP contribution in [0.3, 0.4) is 0 Å². The lowest BCUT2D eigenvalue weighted by molar-refractivity contribution is 0.0930. The largest absolute Gasteiger partial charge is 0.497 e. The SMILES string of the molecule is COc1ccc(S(=O)(=O)Nc2ccccc2C(=O)NC2CCNCC2)cc1.Cl. The van der Waals surface area contributed by atoms with Gasteiger partial charge in [-0.15, -0.1) is 12.4 Å². The number of sulfonamides is 1. The molecule has 0 radical (unpaired) electrons. The van der Waals surface area contributed by atoms with E-state index in [1.54, 1.807) is 36.4 Å². The molecule has 0 saturated carbocycles. The number of ether oxygens (including phenoxy) is 1. The van der Waals surface area contributed by atoms with Crippen molar-refractivity contribution in [1.82, 2.24) is 10.6 Å². The molecule has 3 rings (SSSR count). The smallest absolute Gasteiger partial charge is 0.261 e. The fraction of sp³-hybridized carbons (Fsp3) is 0.316. The first kappa shape index (κ1) is 22.0. The van der Waals surface area contributed by atoms with E-state index in [2.05, 4.69) is 15.4 Å². The van der Waals surface area contributed by atoms with Crippen molar-refractivity contribution >= 4 is 34.0 Å². The first-order valence-corrected chi connectivity index (χ1v) is 10.3.